The zero-order valence-corrected chi connectivity index (χ0v) is 8.55. The van der Waals surface area contributed by atoms with Crippen molar-refractivity contribution in [2.45, 2.75) is 51.2 Å². The molecule has 0 nitrogen and oxygen atoms in total. The van der Waals surface area contributed by atoms with Crippen molar-refractivity contribution in [3.05, 3.63) is 0 Å². The van der Waals surface area contributed by atoms with E-state index in [9.17, 15) is 0 Å². The zero-order valence-electron chi connectivity index (χ0n) is 7.74. The maximum absolute atomic E-state index is 2.38. The van der Waals surface area contributed by atoms with E-state index in [0.29, 0.717) is 4.75 Å². The van der Waals surface area contributed by atoms with Crippen molar-refractivity contribution in [2.75, 3.05) is 6.26 Å². The molecule has 0 aliphatic carbocycles. The summed E-state index contributed by atoms with van der Waals surface area (Å²) < 4.78 is 0.559. The van der Waals surface area contributed by atoms with Gasteiger partial charge in [-0.3, -0.25) is 0 Å². The SMILES string of the molecule is CCCC(C)(CCC)SC. The Bertz CT molecular complexity index is 72.8. The summed E-state index contributed by atoms with van der Waals surface area (Å²) in [6.45, 7) is 6.92. The molecule has 10 heavy (non-hydrogen) atoms. The van der Waals surface area contributed by atoms with Gasteiger partial charge in [0.15, 0.2) is 0 Å². The summed E-state index contributed by atoms with van der Waals surface area (Å²) >= 11 is 2.02. The summed E-state index contributed by atoms with van der Waals surface area (Å²) in [5.41, 5.74) is 0. The van der Waals surface area contributed by atoms with Gasteiger partial charge >= 0.3 is 0 Å². The predicted octanol–water partition coefficient (Wildman–Crippen LogP) is 3.71. The quantitative estimate of drug-likeness (QED) is 0.591. The summed E-state index contributed by atoms with van der Waals surface area (Å²) in [5, 5.41) is 0. The molecule has 0 amide bonds. The molecule has 0 aliphatic rings. The summed E-state index contributed by atoms with van der Waals surface area (Å²) in [6, 6.07) is 0. The molecule has 0 unspecified atom stereocenters. The van der Waals surface area contributed by atoms with Crippen LogP contribution in [-0.2, 0) is 0 Å². The highest BCUT2D eigenvalue weighted by Gasteiger charge is 2.19. The van der Waals surface area contributed by atoms with E-state index in [1.807, 2.05) is 11.8 Å². The largest absolute Gasteiger partial charge is 0.159 e. The van der Waals surface area contributed by atoms with Crippen LogP contribution >= 0.6 is 11.8 Å². The smallest absolute Gasteiger partial charge is 0.0129 e. The Morgan fingerprint density at radius 3 is 1.70 bits per heavy atom. The van der Waals surface area contributed by atoms with E-state index in [0.717, 1.165) is 0 Å². The third-order valence-corrected chi connectivity index (χ3v) is 3.44. The van der Waals surface area contributed by atoms with Crippen molar-refractivity contribution in [1.29, 1.82) is 0 Å². The van der Waals surface area contributed by atoms with Gasteiger partial charge in [0, 0.05) is 4.75 Å². The average Bonchev–Trinajstić information content (AvgIpc) is 1.89. The van der Waals surface area contributed by atoms with Gasteiger partial charge in [0.05, 0.1) is 0 Å². The van der Waals surface area contributed by atoms with Crippen LogP contribution in [0.5, 0.6) is 0 Å². The van der Waals surface area contributed by atoms with E-state index in [1.165, 1.54) is 25.7 Å². The highest BCUT2D eigenvalue weighted by atomic mass is 32.2. The highest BCUT2D eigenvalue weighted by molar-refractivity contribution is 7.99. The summed E-state index contributed by atoms with van der Waals surface area (Å²) in [6.07, 6.45) is 7.59. The summed E-state index contributed by atoms with van der Waals surface area (Å²) in [5.74, 6) is 0. The Kier molecular flexibility index (Phi) is 5.24. The molecule has 0 aromatic heterocycles. The second-order valence-electron chi connectivity index (χ2n) is 3.15. The van der Waals surface area contributed by atoms with Crippen LogP contribution in [0, 0.1) is 0 Å². The van der Waals surface area contributed by atoms with Crippen LogP contribution in [0.25, 0.3) is 0 Å². The molecule has 0 bridgehead atoms. The predicted molar refractivity (Wildman–Crippen MR) is 51.7 cm³/mol. The second-order valence-corrected chi connectivity index (χ2v) is 4.55. The van der Waals surface area contributed by atoms with Crippen molar-refractivity contribution < 1.29 is 0 Å². The molecular formula is C9H20S. The van der Waals surface area contributed by atoms with Gasteiger partial charge in [-0.1, -0.05) is 33.6 Å². The Balaban J connectivity index is 3.69. The first kappa shape index (κ1) is 10.3. The van der Waals surface area contributed by atoms with E-state index in [-0.39, 0.29) is 0 Å². The Hall–Kier alpha value is 0.350. The van der Waals surface area contributed by atoms with Crippen molar-refractivity contribution in [3.8, 4) is 0 Å². The van der Waals surface area contributed by atoms with Crippen LogP contribution in [0.4, 0.5) is 0 Å². The van der Waals surface area contributed by atoms with E-state index >= 15 is 0 Å². The van der Waals surface area contributed by atoms with Crippen LogP contribution in [-0.4, -0.2) is 11.0 Å². The molecule has 0 aliphatic heterocycles. The Labute approximate surface area is 69.8 Å². The Morgan fingerprint density at radius 2 is 1.50 bits per heavy atom. The maximum Gasteiger partial charge on any atom is 0.0129 e. The first-order valence-electron chi connectivity index (χ1n) is 4.23. The molecule has 0 radical (unpaired) electrons. The van der Waals surface area contributed by atoms with Gasteiger partial charge in [0.25, 0.3) is 0 Å². The number of thioether (sulfide) groups is 1. The van der Waals surface area contributed by atoms with Crippen LogP contribution in [0.3, 0.4) is 0 Å². The summed E-state index contributed by atoms with van der Waals surface area (Å²) in [7, 11) is 0. The van der Waals surface area contributed by atoms with Crippen LogP contribution in [0.2, 0.25) is 0 Å². The van der Waals surface area contributed by atoms with E-state index in [2.05, 4.69) is 27.0 Å². The van der Waals surface area contributed by atoms with Crippen LogP contribution < -0.4 is 0 Å². The molecule has 0 spiro atoms. The van der Waals surface area contributed by atoms with Crippen molar-refractivity contribution in [1.82, 2.24) is 0 Å². The third-order valence-electron chi connectivity index (χ3n) is 2.05. The molecule has 0 aromatic rings. The van der Waals surface area contributed by atoms with E-state index in [4.69, 9.17) is 0 Å². The monoisotopic (exact) mass is 160 g/mol. The van der Waals surface area contributed by atoms with E-state index in [1.54, 1.807) is 0 Å². The van der Waals surface area contributed by atoms with Gasteiger partial charge in [0.2, 0.25) is 0 Å². The molecule has 0 N–H and O–H groups in total. The third kappa shape index (κ3) is 3.50. The van der Waals surface area contributed by atoms with Gasteiger partial charge in [0.1, 0.15) is 0 Å². The minimum Gasteiger partial charge on any atom is -0.159 e. The van der Waals surface area contributed by atoms with Gasteiger partial charge in [-0.05, 0) is 19.1 Å². The van der Waals surface area contributed by atoms with Gasteiger partial charge in [-0.2, -0.15) is 11.8 Å². The van der Waals surface area contributed by atoms with Gasteiger partial charge in [-0.15, -0.1) is 0 Å². The van der Waals surface area contributed by atoms with E-state index < -0.39 is 0 Å². The average molecular weight is 160 g/mol. The molecule has 0 heterocycles. The van der Waals surface area contributed by atoms with Crippen molar-refractivity contribution >= 4 is 11.8 Å². The fourth-order valence-electron chi connectivity index (χ4n) is 1.39. The molecule has 62 valence electrons. The molecule has 0 atom stereocenters. The lowest BCUT2D eigenvalue weighted by Crippen LogP contribution is -2.18. The lowest BCUT2D eigenvalue weighted by molar-refractivity contribution is 0.529. The first-order valence-corrected chi connectivity index (χ1v) is 5.46. The van der Waals surface area contributed by atoms with Crippen molar-refractivity contribution in [3.63, 3.8) is 0 Å². The molecule has 0 saturated heterocycles. The van der Waals surface area contributed by atoms with Crippen LogP contribution in [0.15, 0.2) is 0 Å². The van der Waals surface area contributed by atoms with Gasteiger partial charge < -0.3 is 0 Å². The fraction of sp³-hybridized carbons (Fsp3) is 1.00. The maximum atomic E-state index is 2.38. The first-order chi connectivity index (χ1) is 4.68. The van der Waals surface area contributed by atoms with Crippen LogP contribution in [0.1, 0.15) is 46.5 Å². The molecule has 0 aromatic carbocycles. The number of hydrogen-bond acceptors (Lipinski definition) is 1. The number of hydrogen-bond donors (Lipinski definition) is 0. The molecule has 0 rings (SSSR count). The fourth-order valence-corrected chi connectivity index (χ4v) is 2.20. The minimum atomic E-state index is 0.559. The molecule has 0 saturated carbocycles. The molecule has 1 heteroatoms. The highest BCUT2D eigenvalue weighted by Crippen LogP contribution is 2.32. The summed E-state index contributed by atoms with van der Waals surface area (Å²) in [4.78, 5) is 0. The second kappa shape index (κ2) is 5.06. The van der Waals surface area contributed by atoms with Crippen molar-refractivity contribution in [2.24, 2.45) is 0 Å². The lowest BCUT2D eigenvalue weighted by atomic mass is 10.00. The standard InChI is InChI=1S/C9H20S/c1-5-7-9(3,10-4)8-6-2/h5-8H2,1-4H3. The zero-order chi connectivity index (χ0) is 8.04. The number of rotatable bonds is 5. The Morgan fingerprint density at radius 1 is 1.10 bits per heavy atom. The topological polar surface area (TPSA) is 0 Å². The lowest BCUT2D eigenvalue weighted by Gasteiger charge is -2.26. The minimum absolute atomic E-state index is 0.559. The van der Waals surface area contributed by atoms with Gasteiger partial charge in [-0.25, -0.2) is 0 Å². The normalized spacial score (nSPS) is 12.0. The molecular weight excluding hydrogens is 140 g/mol. The molecule has 0 fully saturated rings.